The lowest BCUT2D eigenvalue weighted by atomic mass is 9.96. The van der Waals surface area contributed by atoms with Crippen molar-refractivity contribution in [2.75, 3.05) is 6.61 Å². The fraction of sp³-hybridized carbons (Fsp3) is 0.257. The largest absolute Gasteiger partial charge is 0.488 e. The highest BCUT2D eigenvalue weighted by Crippen LogP contribution is 2.43. The third-order valence-corrected chi connectivity index (χ3v) is 8.07. The normalized spacial score (nSPS) is 14.3. The molecule has 0 bridgehead atoms. The Morgan fingerprint density at radius 2 is 1.89 bits per heavy atom. The maximum absolute atomic E-state index is 14.7. The lowest BCUT2D eigenvalue weighted by Gasteiger charge is -2.21. The van der Waals surface area contributed by atoms with Crippen molar-refractivity contribution in [2.45, 2.75) is 51.0 Å². The van der Waals surface area contributed by atoms with E-state index >= 15 is 0 Å². The zero-order valence-electron chi connectivity index (χ0n) is 24.7. The van der Waals surface area contributed by atoms with E-state index in [1.807, 2.05) is 24.3 Å². The summed E-state index contributed by atoms with van der Waals surface area (Å²) in [6.07, 6.45) is 3.45. The van der Waals surface area contributed by atoms with Gasteiger partial charge in [0.15, 0.2) is 5.78 Å². The van der Waals surface area contributed by atoms with E-state index in [0.29, 0.717) is 46.6 Å². The molecule has 2 atom stereocenters. The van der Waals surface area contributed by atoms with Gasteiger partial charge in [0.05, 0.1) is 29.7 Å². The molecule has 0 amide bonds. The third kappa shape index (κ3) is 7.69. The summed E-state index contributed by atoms with van der Waals surface area (Å²) in [6, 6.07) is 18.4. The van der Waals surface area contributed by atoms with Crippen LogP contribution in [0.15, 0.2) is 73.1 Å². The van der Waals surface area contributed by atoms with Gasteiger partial charge in [0, 0.05) is 48.1 Å². The molecule has 5 rings (SSSR count). The summed E-state index contributed by atoms with van der Waals surface area (Å²) in [5.74, 6) is -1.10. The molecule has 1 heterocycles. The highest BCUT2D eigenvalue weighted by molar-refractivity contribution is 6.32. The number of carbonyl (C=O) groups is 2. The first-order chi connectivity index (χ1) is 22.3. The Hall–Kier alpha value is -4.82. The molecule has 0 fully saturated rings. The summed E-state index contributed by atoms with van der Waals surface area (Å²) >= 11 is 6.72. The predicted molar refractivity (Wildman–Crippen MR) is 168 cm³/mol. The van der Waals surface area contributed by atoms with Crippen LogP contribution in [0.4, 0.5) is 4.39 Å². The number of hydrogen-bond acceptors (Lipinski definition) is 8. The Balaban J connectivity index is 1.40. The molecule has 0 radical (unpaired) electrons. The predicted octanol–water partition coefficient (Wildman–Crippen LogP) is 5.94. The second kappa shape index (κ2) is 15.0. The van der Waals surface area contributed by atoms with E-state index in [1.165, 1.54) is 12.3 Å². The molecule has 9 nitrogen and oxygen atoms in total. The van der Waals surface area contributed by atoms with E-state index in [9.17, 15) is 24.3 Å². The number of carbonyl (C=O) groups excluding carboxylic acids is 1. The van der Waals surface area contributed by atoms with Crippen LogP contribution in [0, 0.1) is 17.1 Å². The Morgan fingerprint density at radius 3 is 2.65 bits per heavy atom. The van der Waals surface area contributed by atoms with E-state index in [1.54, 1.807) is 42.6 Å². The Kier molecular flexibility index (Phi) is 10.6. The standard InChI is InChI=1S/C35H31ClFN3O6/c36-28-13-23(18-40-30(19-41)31(42)9-11-35(43)44)33(45-20-22-12-21(15-38)16-39-17-22)14-34(28)46-32-10-8-25-24(5-3-6-27(25)32)26-4-1-2-7-29(26)37/h1-7,12-14,16-17,30,32,40-41H,8-11,18-20H2,(H,43,44)/t30-,32-/m0/s1. The average molecular weight is 644 g/mol. The number of aromatic nitrogens is 1. The van der Waals surface area contributed by atoms with Crippen LogP contribution in [-0.2, 0) is 29.2 Å². The van der Waals surface area contributed by atoms with Gasteiger partial charge in [0.25, 0.3) is 0 Å². The number of nitriles is 1. The highest BCUT2D eigenvalue weighted by atomic mass is 35.5. The number of carboxylic acids is 1. The number of aliphatic carboxylic acids is 1. The first-order valence-corrected chi connectivity index (χ1v) is 15.1. The number of Topliss-reactive ketones (excluding diaryl/α,β-unsaturated/α-hetero) is 1. The number of carboxylic acid groups (broad SMARTS) is 1. The smallest absolute Gasteiger partial charge is 0.303 e. The van der Waals surface area contributed by atoms with Crippen molar-refractivity contribution in [3.05, 3.63) is 112 Å². The van der Waals surface area contributed by atoms with E-state index in [-0.39, 0.29) is 42.9 Å². The molecule has 4 aromatic rings. The van der Waals surface area contributed by atoms with Crippen LogP contribution in [0.5, 0.6) is 11.5 Å². The first kappa shape index (κ1) is 32.6. The fourth-order valence-electron chi connectivity index (χ4n) is 5.47. The van der Waals surface area contributed by atoms with Crippen molar-refractivity contribution < 1.29 is 33.7 Å². The number of ether oxygens (including phenoxy) is 2. The van der Waals surface area contributed by atoms with Gasteiger partial charge in [-0.1, -0.05) is 48.0 Å². The second-order valence-corrected chi connectivity index (χ2v) is 11.3. The van der Waals surface area contributed by atoms with Gasteiger partial charge in [-0.3, -0.25) is 14.6 Å². The monoisotopic (exact) mass is 643 g/mol. The number of pyridine rings is 1. The van der Waals surface area contributed by atoms with E-state index in [2.05, 4.69) is 10.3 Å². The van der Waals surface area contributed by atoms with Crippen molar-refractivity contribution >= 4 is 23.4 Å². The molecule has 3 N–H and O–H groups in total. The fourth-order valence-corrected chi connectivity index (χ4v) is 5.70. The van der Waals surface area contributed by atoms with Crippen LogP contribution in [0.2, 0.25) is 5.02 Å². The van der Waals surface area contributed by atoms with Crippen LogP contribution in [0.1, 0.15) is 53.2 Å². The molecule has 11 heteroatoms. The van der Waals surface area contributed by atoms with Crippen LogP contribution < -0.4 is 14.8 Å². The zero-order valence-corrected chi connectivity index (χ0v) is 25.5. The van der Waals surface area contributed by atoms with Crippen LogP contribution in [0.3, 0.4) is 0 Å². The minimum Gasteiger partial charge on any atom is -0.488 e. The lowest BCUT2D eigenvalue weighted by Crippen LogP contribution is -2.39. The number of halogens is 2. The molecule has 0 saturated heterocycles. The molecule has 46 heavy (non-hydrogen) atoms. The van der Waals surface area contributed by atoms with Gasteiger partial charge in [-0.25, -0.2) is 4.39 Å². The Labute approximate surface area is 270 Å². The number of nitrogens with one attached hydrogen (secondary N) is 1. The van der Waals surface area contributed by atoms with Crippen LogP contribution in [0.25, 0.3) is 11.1 Å². The summed E-state index contributed by atoms with van der Waals surface area (Å²) in [4.78, 5) is 27.5. The summed E-state index contributed by atoms with van der Waals surface area (Å²) in [6.45, 7) is -0.393. The van der Waals surface area contributed by atoms with Crippen molar-refractivity contribution in [2.24, 2.45) is 0 Å². The number of nitrogens with zero attached hydrogens (tertiary/aromatic N) is 2. The number of aliphatic hydroxyl groups excluding tert-OH is 1. The van der Waals surface area contributed by atoms with Gasteiger partial charge in [-0.15, -0.1) is 0 Å². The van der Waals surface area contributed by atoms with E-state index < -0.39 is 24.4 Å². The molecule has 0 spiro atoms. The van der Waals surface area contributed by atoms with Gasteiger partial charge >= 0.3 is 5.97 Å². The molecule has 236 valence electrons. The van der Waals surface area contributed by atoms with Gasteiger partial charge in [0.1, 0.15) is 36.1 Å². The van der Waals surface area contributed by atoms with E-state index in [0.717, 1.165) is 16.7 Å². The highest BCUT2D eigenvalue weighted by Gasteiger charge is 2.28. The third-order valence-electron chi connectivity index (χ3n) is 7.78. The first-order valence-electron chi connectivity index (χ1n) is 14.7. The molecule has 1 aliphatic carbocycles. The molecule has 0 unspecified atom stereocenters. The number of benzene rings is 3. The van der Waals surface area contributed by atoms with Gasteiger partial charge in [-0.05, 0) is 47.7 Å². The van der Waals surface area contributed by atoms with E-state index in [4.69, 9.17) is 26.2 Å². The van der Waals surface area contributed by atoms with Gasteiger partial charge in [0.2, 0.25) is 0 Å². The maximum Gasteiger partial charge on any atom is 0.303 e. The number of rotatable bonds is 14. The summed E-state index contributed by atoms with van der Waals surface area (Å²) in [7, 11) is 0. The Bertz CT molecular complexity index is 1790. The molecular weight excluding hydrogens is 613 g/mol. The number of fused-ring (bicyclic) bond motifs is 1. The SMILES string of the molecule is N#Cc1cncc(COc2cc(O[C@H]3CCc4c(-c5ccccc5F)cccc43)c(Cl)cc2CN[C@@H](CO)C(=O)CCC(=O)O)c1. The van der Waals surface area contributed by atoms with Crippen LogP contribution in [-0.4, -0.2) is 39.6 Å². The van der Waals surface area contributed by atoms with Crippen LogP contribution >= 0.6 is 11.6 Å². The zero-order chi connectivity index (χ0) is 32.6. The molecular formula is C35H31ClFN3O6. The molecule has 1 aliphatic rings. The number of hydrogen-bond donors (Lipinski definition) is 3. The van der Waals surface area contributed by atoms with Gasteiger partial charge in [-0.2, -0.15) is 5.26 Å². The summed E-state index contributed by atoms with van der Waals surface area (Å²) < 4.78 is 27.3. The van der Waals surface area contributed by atoms with Crippen molar-refractivity contribution in [3.63, 3.8) is 0 Å². The number of aliphatic hydroxyl groups is 1. The topological polar surface area (TPSA) is 142 Å². The second-order valence-electron chi connectivity index (χ2n) is 10.8. The molecule has 1 aromatic heterocycles. The Morgan fingerprint density at radius 1 is 1.09 bits per heavy atom. The average Bonchev–Trinajstić information content (AvgIpc) is 3.47. The van der Waals surface area contributed by atoms with Crippen molar-refractivity contribution in [1.29, 1.82) is 5.26 Å². The lowest BCUT2D eigenvalue weighted by molar-refractivity contribution is -0.138. The summed E-state index contributed by atoms with van der Waals surface area (Å²) in [5.41, 5.74) is 4.89. The van der Waals surface area contributed by atoms with Crippen molar-refractivity contribution in [3.8, 4) is 28.7 Å². The minimum atomic E-state index is -1.11. The minimum absolute atomic E-state index is 0.0636. The van der Waals surface area contributed by atoms with Crippen molar-refractivity contribution in [1.82, 2.24) is 10.3 Å². The quantitative estimate of drug-likeness (QED) is 0.152. The van der Waals surface area contributed by atoms with Gasteiger partial charge < -0.3 is 25.0 Å². The summed E-state index contributed by atoms with van der Waals surface area (Å²) in [5, 5.41) is 31.2. The molecule has 3 aromatic carbocycles. The molecule has 0 saturated carbocycles. The maximum atomic E-state index is 14.7. The number of ketones is 1. The molecule has 0 aliphatic heterocycles.